The van der Waals surface area contributed by atoms with Crippen molar-refractivity contribution < 1.29 is 18.7 Å². The zero-order valence-electron chi connectivity index (χ0n) is 14.8. The van der Waals surface area contributed by atoms with Crippen LogP contribution in [-0.2, 0) is 11.2 Å². The van der Waals surface area contributed by atoms with Gasteiger partial charge in [0, 0.05) is 19.8 Å². The van der Waals surface area contributed by atoms with E-state index in [2.05, 4.69) is 10.6 Å². The number of ether oxygens (including phenoxy) is 1. The highest BCUT2D eigenvalue weighted by Gasteiger charge is 2.12. The van der Waals surface area contributed by atoms with Gasteiger partial charge >= 0.3 is 6.03 Å². The Balaban J connectivity index is 1.86. The monoisotopic (exact) mass is 359 g/mol. The third-order valence-electron chi connectivity index (χ3n) is 3.74. The van der Waals surface area contributed by atoms with E-state index in [1.165, 1.54) is 29.2 Å². The molecule has 0 aliphatic rings. The summed E-state index contributed by atoms with van der Waals surface area (Å²) in [6, 6.07) is 12.5. The van der Waals surface area contributed by atoms with Gasteiger partial charge < -0.3 is 20.3 Å². The van der Waals surface area contributed by atoms with Gasteiger partial charge in [0.15, 0.2) is 0 Å². The highest BCUT2D eigenvalue weighted by atomic mass is 19.1. The predicted octanol–water partition coefficient (Wildman–Crippen LogP) is 2.66. The van der Waals surface area contributed by atoms with Gasteiger partial charge in [-0.05, 0) is 35.9 Å². The van der Waals surface area contributed by atoms with Crippen LogP contribution in [0.1, 0.15) is 5.56 Å². The van der Waals surface area contributed by atoms with E-state index in [-0.39, 0.29) is 30.8 Å². The van der Waals surface area contributed by atoms with Gasteiger partial charge in [-0.25, -0.2) is 9.18 Å². The fraction of sp³-hybridized carbons (Fsp3) is 0.263. The van der Waals surface area contributed by atoms with Crippen LogP contribution >= 0.6 is 0 Å². The van der Waals surface area contributed by atoms with Crippen LogP contribution < -0.4 is 15.4 Å². The van der Waals surface area contributed by atoms with Crippen LogP contribution in [0.4, 0.5) is 14.9 Å². The third-order valence-corrected chi connectivity index (χ3v) is 3.74. The molecule has 0 fully saturated rings. The van der Waals surface area contributed by atoms with Gasteiger partial charge in [0.2, 0.25) is 5.91 Å². The van der Waals surface area contributed by atoms with Gasteiger partial charge in [0.05, 0.1) is 13.0 Å². The van der Waals surface area contributed by atoms with Crippen molar-refractivity contribution in [1.82, 2.24) is 10.2 Å². The number of anilines is 1. The molecule has 0 radical (unpaired) electrons. The van der Waals surface area contributed by atoms with Crippen LogP contribution in [0.25, 0.3) is 0 Å². The minimum absolute atomic E-state index is 0.132. The molecule has 3 amide bonds. The van der Waals surface area contributed by atoms with Crippen molar-refractivity contribution in [2.24, 2.45) is 0 Å². The molecule has 0 saturated heterocycles. The van der Waals surface area contributed by atoms with Crippen molar-refractivity contribution in [3.05, 3.63) is 59.9 Å². The van der Waals surface area contributed by atoms with E-state index >= 15 is 0 Å². The molecule has 138 valence electrons. The quantitative estimate of drug-likeness (QED) is 0.798. The topological polar surface area (TPSA) is 70.7 Å². The molecule has 0 saturated carbocycles. The predicted molar refractivity (Wildman–Crippen MR) is 97.8 cm³/mol. The number of carbonyl (C=O) groups is 2. The van der Waals surface area contributed by atoms with Crippen molar-refractivity contribution in [3.63, 3.8) is 0 Å². The summed E-state index contributed by atoms with van der Waals surface area (Å²) in [4.78, 5) is 25.4. The molecule has 2 aromatic rings. The standard InChI is InChI=1S/C19H22FN3O3/c1-21-18(24)13-14-5-3-4-6-17(14)22-19(25)23(2)11-12-26-16-9-7-15(20)8-10-16/h3-10H,11-13H2,1-2H3,(H,21,24)(H,22,25). The van der Waals surface area contributed by atoms with Crippen LogP contribution in [0.2, 0.25) is 0 Å². The van der Waals surface area contributed by atoms with Gasteiger partial charge in [0.1, 0.15) is 18.2 Å². The summed E-state index contributed by atoms with van der Waals surface area (Å²) < 4.78 is 18.3. The van der Waals surface area contributed by atoms with Crippen LogP contribution in [0.3, 0.4) is 0 Å². The van der Waals surface area contributed by atoms with E-state index in [1.807, 2.05) is 6.07 Å². The van der Waals surface area contributed by atoms with Crippen LogP contribution in [0.15, 0.2) is 48.5 Å². The minimum atomic E-state index is -0.329. The lowest BCUT2D eigenvalue weighted by Crippen LogP contribution is -2.35. The molecule has 0 atom stereocenters. The Kier molecular flexibility index (Phi) is 6.96. The van der Waals surface area contributed by atoms with Gasteiger partial charge in [-0.2, -0.15) is 0 Å². The molecule has 2 rings (SSSR count). The second kappa shape index (κ2) is 9.41. The summed E-state index contributed by atoms with van der Waals surface area (Å²) in [5.41, 5.74) is 1.32. The summed E-state index contributed by atoms with van der Waals surface area (Å²) in [6.45, 7) is 0.621. The number of hydrogen-bond donors (Lipinski definition) is 2. The Bertz CT molecular complexity index is 750. The van der Waals surface area contributed by atoms with E-state index in [9.17, 15) is 14.0 Å². The number of likely N-dealkylation sites (N-methyl/N-ethyl adjacent to an activating group) is 2. The second-order valence-corrected chi connectivity index (χ2v) is 5.66. The van der Waals surface area contributed by atoms with Crippen molar-refractivity contribution in [2.75, 3.05) is 32.6 Å². The van der Waals surface area contributed by atoms with Gasteiger partial charge in [-0.1, -0.05) is 18.2 Å². The molecular formula is C19H22FN3O3. The number of carbonyl (C=O) groups excluding carboxylic acids is 2. The minimum Gasteiger partial charge on any atom is -0.492 e. The van der Waals surface area contributed by atoms with Crippen molar-refractivity contribution in [1.29, 1.82) is 0 Å². The van der Waals surface area contributed by atoms with Crippen molar-refractivity contribution >= 4 is 17.6 Å². The largest absolute Gasteiger partial charge is 0.492 e. The van der Waals surface area contributed by atoms with Gasteiger partial charge in [0.25, 0.3) is 0 Å². The van der Waals surface area contributed by atoms with E-state index in [1.54, 1.807) is 32.3 Å². The second-order valence-electron chi connectivity index (χ2n) is 5.66. The maximum atomic E-state index is 12.8. The van der Waals surface area contributed by atoms with Crippen molar-refractivity contribution in [2.45, 2.75) is 6.42 Å². The van der Waals surface area contributed by atoms with E-state index in [4.69, 9.17) is 4.74 Å². The van der Waals surface area contributed by atoms with Gasteiger partial charge in [-0.3, -0.25) is 4.79 Å². The Morgan fingerprint density at radius 2 is 1.81 bits per heavy atom. The first-order valence-electron chi connectivity index (χ1n) is 8.18. The summed E-state index contributed by atoms with van der Waals surface area (Å²) in [6.07, 6.45) is 0.185. The number of nitrogens with one attached hydrogen (secondary N) is 2. The molecule has 0 aliphatic heterocycles. The van der Waals surface area contributed by atoms with Gasteiger partial charge in [-0.15, -0.1) is 0 Å². The molecule has 0 spiro atoms. The molecule has 6 nitrogen and oxygen atoms in total. The molecule has 0 unspecified atom stereocenters. The Morgan fingerprint density at radius 1 is 1.12 bits per heavy atom. The number of benzene rings is 2. The number of amides is 3. The first-order chi connectivity index (χ1) is 12.5. The van der Waals surface area contributed by atoms with E-state index in [0.29, 0.717) is 18.0 Å². The number of hydrogen-bond acceptors (Lipinski definition) is 3. The Labute approximate surface area is 152 Å². The lowest BCUT2D eigenvalue weighted by molar-refractivity contribution is -0.119. The summed E-state index contributed by atoms with van der Waals surface area (Å²) in [5, 5.41) is 5.36. The molecule has 2 aromatic carbocycles. The molecule has 0 aromatic heterocycles. The lowest BCUT2D eigenvalue weighted by Gasteiger charge is -2.19. The molecule has 7 heteroatoms. The summed E-state index contributed by atoms with van der Waals surface area (Å²) in [7, 11) is 3.21. The average molecular weight is 359 g/mol. The average Bonchev–Trinajstić information content (AvgIpc) is 2.64. The highest BCUT2D eigenvalue weighted by Crippen LogP contribution is 2.16. The maximum absolute atomic E-state index is 12.8. The first kappa shape index (κ1) is 19.2. The smallest absolute Gasteiger partial charge is 0.321 e. The zero-order valence-corrected chi connectivity index (χ0v) is 14.8. The number of urea groups is 1. The molecule has 0 bridgehead atoms. The molecule has 0 aliphatic carbocycles. The SMILES string of the molecule is CNC(=O)Cc1ccccc1NC(=O)N(C)CCOc1ccc(F)cc1. The van der Waals surface area contributed by atoms with Crippen molar-refractivity contribution in [3.8, 4) is 5.75 Å². The molecule has 0 heterocycles. The zero-order chi connectivity index (χ0) is 18.9. The summed E-state index contributed by atoms with van der Waals surface area (Å²) >= 11 is 0. The van der Waals surface area contributed by atoms with Crippen LogP contribution in [-0.4, -0.2) is 44.1 Å². The van der Waals surface area contributed by atoms with Crippen LogP contribution in [0, 0.1) is 5.82 Å². The third kappa shape index (κ3) is 5.77. The highest BCUT2D eigenvalue weighted by molar-refractivity contribution is 5.91. The normalized spacial score (nSPS) is 10.1. The number of para-hydroxylation sites is 1. The first-order valence-corrected chi connectivity index (χ1v) is 8.18. The van der Waals surface area contributed by atoms with E-state index in [0.717, 1.165) is 5.56 Å². The Hall–Kier alpha value is -3.09. The van der Waals surface area contributed by atoms with Crippen LogP contribution in [0.5, 0.6) is 5.75 Å². The fourth-order valence-corrected chi connectivity index (χ4v) is 2.20. The molecule has 2 N–H and O–H groups in total. The summed E-state index contributed by atoms with van der Waals surface area (Å²) in [5.74, 6) is 0.0770. The fourth-order valence-electron chi connectivity index (χ4n) is 2.20. The Morgan fingerprint density at radius 3 is 2.50 bits per heavy atom. The lowest BCUT2D eigenvalue weighted by atomic mass is 10.1. The number of halogens is 1. The maximum Gasteiger partial charge on any atom is 0.321 e. The molecule has 26 heavy (non-hydrogen) atoms. The molecular weight excluding hydrogens is 337 g/mol. The van der Waals surface area contributed by atoms with E-state index < -0.39 is 0 Å². The number of nitrogens with zero attached hydrogens (tertiary/aromatic N) is 1. The number of rotatable bonds is 7.